The number of hydrogen-bond donors (Lipinski definition) is 2. The number of nitrogens with one attached hydrogen (secondary N) is 2. The lowest BCUT2D eigenvalue weighted by Crippen LogP contribution is -2.12. The molecule has 0 unspecified atom stereocenters. The molecule has 0 bridgehead atoms. The molecule has 0 aliphatic carbocycles. The number of rotatable bonds is 2. The first kappa shape index (κ1) is 12.3. The molecule has 1 aromatic heterocycles. The molecule has 0 saturated heterocycles. The first-order chi connectivity index (χ1) is 8.06. The van der Waals surface area contributed by atoms with E-state index >= 15 is 0 Å². The van der Waals surface area contributed by atoms with Gasteiger partial charge >= 0.3 is 0 Å². The molecule has 0 amide bonds. The second-order valence-electron chi connectivity index (χ2n) is 3.18. The maximum Gasteiger partial charge on any atom is 0.266 e. The Bertz CT molecular complexity index is 596. The molecule has 88 valence electrons. The van der Waals surface area contributed by atoms with Crippen LogP contribution in [-0.4, -0.2) is 9.97 Å². The molecule has 1 heterocycles. The molecule has 4 nitrogen and oxygen atoms in total. The average molecular weight is 366 g/mol. The highest BCUT2D eigenvalue weighted by atomic mass is 127. The quantitative estimate of drug-likeness (QED) is 0.805. The molecule has 2 N–H and O–H groups in total. The minimum Gasteiger partial charge on any atom is -0.339 e. The molecule has 0 spiro atoms. The fourth-order valence-electron chi connectivity index (χ4n) is 1.23. The molecule has 0 fully saturated rings. The molecule has 0 saturated carbocycles. The predicted octanol–water partition coefficient (Wildman–Crippen LogP) is 2.91. The first-order valence-electron chi connectivity index (χ1n) is 4.52. The number of benzene rings is 1. The van der Waals surface area contributed by atoms with Gasteiger partial charge in [-0.15, -0.1) is 0 Å². The van der Waals surface area contributed by atoms with Gasteiger partial charge in [-0.25, -0.2) is 9.37 Å². The van der Waals surface area contributed by atoms with Crippen molar-refractivity contribution in [2.45, 2.75) is 0 Å². The van der Waals surface area contributed by atoms with E-state index < -0.39 is 5.82 Å². The Hall–Kier alpha value is -1.15. The van der Waals surface area contributed by atoms with E-state index in [1.165, 1.54) is 18.5 Å². The van der Waals surface area contributed by atoms with Gasteiger partial charge in [0.1, 0.15) is 9.39 Å². The summed E-state index contributed by atoms with van der Waals surface area (Å²) in [5, 5.41) is 3.10. The van der Waals surface area contributed by atoms with Gasteiger partial charge in [-0.1, -0.05) is 11.6 Å². The number of aromatic nitrogens is 2. The molecular weight excluding hydrogens is 359 g/mol. The largest absolute Gasteiger partial charge is 0.339 e. The van der Waals surface area contributed by atoms with E-state index in [1.807, 2.05) is 22.6 Å². The minimum absolute atomic E-state index is 0.259. The third kappa shape index (κ3) is 2.95. The van der Waals surface area contributed by atoms with Crippen LogP contribution in [0.25, 0.3) is 0 Å². The summed E-state index contributed by atoms with van der Waals surface area (Å²) in [5.74, 6) is -0.101. The maximum absolute atomic E-state index is 13.1. The van der Waals surface area contributed by atoms with Crippen LogP contribution in [-0.2, 0) is 0 Å². The Morgan fingerprint density at radius 1 is 1.41 bits per heavy atom. The molecule has 2 rings (SSSR count). The highest BCUT2D eigenvalue weighted by Gasteiger charge is 2.06. The van der Waals surface area contributed by atoms with Gasteiger partial charge in [-0.05, 0) is 40.8 Å². The molecule has 0 aliphatic heterocycles. The SMILES string of the molecule is O=c1[nH]cnc(Nc2cc(F)cc(Cl)c2)c1I. The lowest BCUT2D eigenvalue weighted by Gasteiger charge is -2.07. The number of aromatic amines is 1. The van der Waals surface area contributed by atoms with Crippen LogP contribution in [0.4, 0.5) is 15.9 Å². The van der Waals surface area contributed by atoms with Crippen LogP contribution in [0.5, 0.6) is 0 Å². The van der Waals surface area contributed by atoms with Gasteiger partial charge in [0, 0.05) is 10.7 Å². The Morgan fingerprint density at radius 2 is 2.18 bits per heavy atom. The van der Waals surface area contributed by atoms with Crippen molar-refractivity contribution in [1.82, 2.24) is 9.97 Å². The van der Waals surface area contributed by atoms with Gasteiger partial charge in [0.15, 0.2) is 5.82 Å². The second kappa shape index (κ2) is 5.01. The van der Waals surface area contributed by atoms with Crippen molar-refractivity contribution >= 4 is 45.7 Å². The first-order valence-corrected chi connectivity index (χ1v) is 5.98. The Balaban J connectivity index is 2.38. The fourth-order valence-corrected chi connectivity index (χ4v) is 1.88. The smallest absolute Gasteiger partial charge is 0.266 e. The van der Waals surface area contributed by atoms with Crippen molar-refractivity contribution in [1.29, 1.82) is 0 Å². The predicted molar refractivity (Wildman–Crippen MR) is 72.3 cm³/mol. The number of anilines is 2. The Labute approximate surface area is 114 Å². The van der Waals surface area contributed by atoms with E-state index in [0.29, 0.717) is 15.1 Å². The molecule has 0 aliphatic rings. The van der Waals surface area contributed by atoms with Crippen molar-refractivity contribution in [3.63, 3.8) is 0 Å². The topological polar surface area (TPSA) is 57.8 Å². The lowest BCUT2D eigenvalue weighted by molar-refractivity contribution is 0.628. The molecular formula is C10H6ClFIN3O. The highest BCUT2D eigenvalue weighted by Crippen LogP contribution is 2.22. The zero-order chi connectivity index (χ0) is 12.4. The van der Waals surface area contributed by atoms with Crippen molar-refractivity contribution in [2.24, 2.45) is 0 Å². The van der Waals surface area contributed by atoms with Gasteiger partial charge in [0.05, 0.1) is 6.33 Å². The summed E-state index contributed by atoms with van der Waals surface area (Å²) in [6, 6.07) is 4.01. The van der Waals surface area contributed by atoms with Crippen LogP contribution in [0.2, 0.25) is 5.02 Å². The normalized spacial score (nSPS) is 10.3. The monoisotopic (exact) mass is 365 g/mol. The van der Waals surface area contributed by atoms with E-state index in [0.717, 1.165) is 0 Å². The van der Waals surface area contributed by atoms with Crippen LogP contribution in [0, 0.1) is 9.39 Å². The Morgan fingerprint density at radius 3 is 2.88 bits per heavy atom. The van der Waals surface area contributed by atoms with E-state index in [2.05, 4.69) is 15.3 Å². The Kier molecular flexibility index (Phi) is 3.63. The molecule has 17 heavy (non-hydrogen) atoms. The van der Waals surface area contributed by atoms with Crippen molar-refractivity contribution in [3.8, 4) is 0 Å². The maximum atomic E-state index is 13.1. The summed E-state index contributed by atoms with van der Waals surface area (Å²) in [6.07, 6.45) is 1.27. The number of halogens is 3. The summed E-state index contributed by atoms with van der Waals surface area (Å²) in [7, 11) is 0. The van der Waals surface area contributed by atoms with Gasteiger partial charge in [0.25, 0.3) is 5.56 Å². The van der Waals surface area contributed by atoms with Crippen molar-refractivity contribution < 1.29 is 4.39 Å². The standard InChI is InChI=1S/C10H6ClFIN3O/c11-5-1-6(12)3-7(2-5)16-9-8(13)10(17)15-4-14-9/h1-4H,(H2,14,15,16,17). The molecule has 2 aromatic rings. The van der Waals surface area contributed by atoms with Crippen molar-refractivity contribution in [2.75, 3.05) is 5.32 Å². The van der Waals surface area contributed by atoms with E-state index in [4.69, 9.17) is 11.6 Å². The highest BCUT2D eigenvalue weighted by molar-refractivity contribution is 14.1. The number of H-pyrrole nitrogens is 1. The third-order valence-electron chi connectivity index (χ3n) is 1.92. The van der Waals surface area contributed by atoms with Crippen LogP contribution >= 0.6 is 34.2 Å². The average Bonchev–Trinajstić information content (AvgIpc) is 2.23. The van der Waals surface area contributed by atoms with Crippen LogP contribution in [0.3, 0.4) is 0 Å². The van der Waals surface area contributed by atoms with Gasteiger partial charge in [-0.2, -0.15) is 0 Å². The molecule has 0 radical (unpaired) electrons. The summed E-state index contributed by atoms with van der Waals surface area (Å²) >= 11 is 7.57. The van der Waals surface area contributed by atoms with Crippen LogP contribution < -0.4 is 10.9 Å². The van der Waals surface area contributed by atoms with Gasteiger partial charge in [-0.3, -0.25) is 4.79 Å². The zero-order valence-electron chi connectivity index (χ0n) is 8.30. The summed E-state index contributed by atoms with van der Waals surface area (Å²) in [4.78, 5) is 17.7. The number of nitrogens with zero attached hydrogens (tertiary/aromatic N) is 1. The molecule has 0 atom stereocenters. The van der Waals surface area contributed by atoms with Gasteiger partial charge in [0.2, 0.25) is 0 Å². The third-order valence-corrected chi connectivity index (χ3v) is 3.14. The van der Waals surface area contributed by atoms with Gasteiger partial charge < -0.3 is 10.3 Å². The van der Waals surface area contributed by atoms with E-state index in [1.54, 1.807) is 6.07 Å². The minimum atomic E-state index is -0.458. The number of hydrogen-bond acceptors (Lipinski definition) is 3. The van der Waals surface area contributed by atoms with E-state index in [-0.39, 0.29) is 10.6 Å². The summed E-state index contributed by atoms with van der Waals surface area (Å²) in [6.45, 7) is 0. The fraction of sp³-hybridized carbons (Fsp3) is 0. The second-order valence-corrected chi connectivity index (χ2v) is 4.69. The summed E-state index contributed by atoms with van der Waals surface area (Å²) in [5.41, 5.74) is 0.177. The molecule has 1 aromatic carbocycles. The van der Waals surface area contributed by atoms with Crippen LogP contribution in [0.1, 0.15) is 0 Å². The summed E-state index contributed by atoms with van der Waals surface area (Å²) < 4.78 is 13.5. The zero-order valence-corrected chi connectivity index (χ0v) is 11.2. The molecule has 7 heteroatoms. The van der Waals surface area contributed by atoms with Crippen LogP contribution in [0.15, 0.2) is 29.3 Å². The van der Waals surface area contributed by atoms with Crippen molar-refractivity contribution in [3.05, 3.63) is 49.3 Å². The lowest BCUT2D eigenvalue weighted by atomic mass is 10.3. The van der Waals surface area contributed by atoms with E-state index in [9.17, 15) is 9.18 Å².